The Labute approximate surface area is 126 Å². The van der Waals surface area contributed by atoms with Crippen molar-refractivity contribution in [2.75, 3.05) is 7.05 Å². The summed E-state index contributed by atoms with van der Waals surface area (Å²) in [5, 5.41) is 8.87. The van der Waals surface area contributed by atoms with Gasteiger partial charge in [-0.1, -0.05) is 11.6 Å². The first kappa shape index (κ1) is 13.1. The van der Waals surface area contributed by atoms with Gasteiger partial charge in [-0.25, -0.2) is 0 Å². The summed E-state index contributed by atoms with van der Waals surface area (Å²) in [6.45, 7) is 4.36. The number of nitrogens with zero attached hydrogens (tertiary/aromatic N) is 2. The summed E-state index contributed by atoms with van der Waals surface area (Å²) in [6, 6.07) is 0.745. The maximum Gasteiger partial charge on any atom is 0.0834 e. The van der Waals surface area contributed by atoms with Crippen LogP contribution >= 0.6 is 11.6 Å². The Morgan fingerprint density at radius 2 is 1.95 bits per heavy atom. The van der Waals surface area contributed by atoms with Crippen molar-refractivity contribution in [1.82, 2.24) is 15.1 Å². The van der Waals surface area contributed by atoms with Crippen LogP contribution in [0.25, 0.3) is 0 Å². The fourth-order valence-electron chi connectivity index (χ4n) is 5.40. The molecule has 0 aromatic carbocycles. The normalized spacial score (nSPS) is 39.4. The lowest BCUT2D eigenvalue weighted by Crippen LogP contribution is -2.26. The molecule has 5 atom stereocenters. The summed E-state index contributed by atoms with van der Waals surface area (Å²) in [7, 11) is 2.08. The Bertz CT molecular complexity index is 508. The van der Waals surface area contributed by atoms with E-state index in [1.807, 2.05) is 6.20 Å². The second kappa shape index (κ2) is 4.48. The van der Waals surface area contributed by atoms with Crippen LogP contribution in [-0.4, -0.2) is 16.8 Å². The summed E-state index contributed by atoms with van der Waals surface area (Å²) in [4.78, 5) is 0. The minimum atomic E-state index is 0.365. The molecule has 1 aromatic heterocycles. The van der Waals surface area contributed by atoms with Crippen LogP contribution in [0.4, 0.5) is 0 Å². The van der Waals surface area contributed by atoms with Gasteiger partial charge < -0.3 is 5.32 Å². The van der Waals surface area contributed by atoms with Gasteiger partial charge in [0.25, 0.3) is 0 Å². The average molecular weight is 294 g/mol. The standard InChI is InChI=1S/C16H24ClN3/c1-8(2)20-16(11(17)7-19-20)15(18-3)14-12-9-4-5-10(6-9)13(12)14/h7-10,12-15,18H,4-6H2,1-3H3. The van der Waals surface area contributed by atoms with Gasteiger partial charge in [0, 0.05) is 6.04 Å². The summed E-state index contributed by atoms with van der Waals surface area (Å²) in [6.07, 6.45) is 6.25. The number of rotatable bonds is 4. The molecule has 2 bridgehead atoms. The van der Waals surface area contributed by atoms with Crippen LogP contribution in [0.5, 0.6) is 0 Å². The third kappa shape index (κ3) is 1.66. The highest BCUT2D eigenvalue weighted by Gasteiger charge is 2.67. The van der Waals surface area contributed by atoms with Gasteiger partial charge in [-0.2, -0.15) is 5.10 Å². The van der Waals surface area contributed by atoms with Crippen molar-refractivity contribution < 1.29 is 0 Å². The smallest absolute Gasteiger partial charge is 0.0834 e. The molecule has 20 heavy (non-hydrogen) atoms. The summed E-state index contributed by atoms with van der Waals surface area (Å²) in [5.74, 6) is 4.70. The zero-order valence-electron chi connectivity index (χ0n) is 12.5. The van der Waals surface area contributed by atoms with Crippen LogP contribution in [0, 0.1) is 29.6 Å². The Kier molecular flexibility index (Phi) is 2.94. The van der Waals surface area contributed by atoms with Crippen molar-refractivity contribution in [2.24, 2.45) is 29.6 Å². The van der Waals surface area contributed by atoms with Gasteiger partial charge in [0.15, 0.2) is 0 Å². The highest BCUT2D eigenvalue weighted by atomic mass is 35.5. The summed E-state index contributed by atoms with van der Waals surface area (Å²) >= 11 is 6.46. The molecule has 0 saturated heterocycles. The Balaban J connectivity index is 1.66. The zero-order valence-corrected chi connectivity index (χ0v) is 13.3. The Hall–Kier alpha value is -0.540. The van der Waals surface area contributed by atoms with Gasteiger partial charge in [0.05, 0.1) is 23.0 Å². The van der Waals surface area contributed by atoms with Gasteiger partial charge in [0.1, 0.15) is 0 Å². The lowest BCUT2D eigenvalue weighted by Gasteiger charge is -2.23. The van der Waals surface area contributed by atoms with Crippen LogP contribution < -0.4 is 5.32 Å². The molecule has 3 nitrogen and oxygen atoms in total. The van der Waals surface area contributed by atoms with Crippen molar-refractivity contribution in [2.45, 2.75) is 45.2 Å². The topological polar surface area (TPSA) is 29.9 Å². The molecule has 4 rings (SSSR count). The molecule has 5 unspecified atom stereocenters. The second-order valence-electron chi connectivity index (χ2n) is 7.25. The molecule has 110 valence electrons. The third-order valence-electron chi connectivity index (χ3n) is 6.06. The Morgan fingerprint density at radius 3 is 2.50 bits per heavy atom. The van der Waals surface area contributed by atoms with Crippen molar-refractivity contribution in [3.8, 4) is 0 Å². The molecule has 0 amide bonds. The van der Waals surface area contributed by atoms with Crippen LogP contribution in [0.15, 0.2) is 6.20 Å². The van der Waals surface area contributed by atoms with Crippen LogP contribution in [0.1, 0.15) is 50.9 Å². The van der Waals surface area contributed by atoms with Gasteiger partial charge in [-0.3, -0.25) is 4.68 Å². The lowest BCUT2D eigenvalue weighted by molar-refractivity contribution is 0.360. The first-order valence-corrected chi connectivity index (χ1v) is 8.41. The molecular weight excluding hydrogens is 270 g/mol. The van der Waals surface area contributed by atoms with Crippen molar-refractivity contribution in [1.29, 1.82) is 0 Å². The Morgan fingerprint density at radius 1 is 1.30 bits per heavy atom. The molecule has 3 aliphatic rings. The lowest BCUT2D eigenvalue weighted by atomic mass is 9.95. The van der Waals surface area contributed by atoms with E-state index in [0.717, 1.165) is 34.6 Å². The van der Waals surface area contributed by atoms with Crippen LogP contribution in [0.2, 0.25) is 5.02 Å². The SMILES string of the molecule is CNC(c1c(Cl)cnn1C(C)C)C1C2C3CCC(C3)C21. The van der Waals surface area contributed by atoms with E-state index in [1.54, 1.807) is 0 Å². The van der Waals surface area contributed by atoms with E-state index in [-0.39, 0.29) is 0 Å². The van der Waals surface area contributed by atoms with Gasteiger partial charge in [-0.05, 0) is 69.7 Å². The molecule has 1 N–H and O–H groups in total. The minimum Gasteiger partial charge on any atom is -0.311 e. The number of hydrogen-bond acceptors (Lipinski definition) is 2. The highest BCUT2D eigenvalue weighted by molar-refractivity contribution is 6.31. The second-order valence-corrected chi connectivity index (χ2v) is 7.65. The largest absolute Gasteiger partial charge is 0.311 e. The number of halogens is 1. The first-order chi connectivity index (χ1) is 9.63. The van der Waals surface area contributed by atoms with Gasteiger partial charge >= 0.3 is 0 Å². The number of hydrogen-bond donors (Lipinski definition) is 1. The van der Waals surface area contributed by atoms with Gasteiger partial charge in [-0.15, -0.1) is 0 Å². The maximum atomic E-state index is 6.46. The average Bonchev–Trinajstić information content (AvgIpc) is 2.78. The van der Waals surface area contributed by atoms with E-state index in [0.29, 0.717) is 12.1 Å². The molecule has 3 fully saturated rings. The third-order valence-corrected chi connectivity index (χ3v) is 6.35. The van der Waals surface area contributed by atoms with Crippen molar-refractivity contribution in [3.05, 3.63) is 16.9 Å². The fourth-order valence-corrected chi connectivity index (χ4v) is 5.65. The summed E-state index contributed by atoms with van der Waals surface area (Å²) < 4.78 is 2.11. The minimum absolute atomic E-state index is 0.365. The molecule has 0 spiro atoms. The number of aromatic nitrogens is 2. The van der Waals surface area contributed by atoms with Crippen LogP contribution in [0.3, 0.4) is 0 Å². The van der Waals surface area contributed by atoms with E-state index in [9.17, 15) is 0 Å². The molecule has 1 heterocycles. The van der Waals surface area contributed by atoms with E-state index >= 15 is 0 Å². The summed E-state index contributed by atoms with van der Waals surface area (Å²) in [5.41, 5.74) is 1.21. The molecular formula is C16H24ClN3. The predicted molar refractivity (Wildman–Crippen MR) is 80.7 cm³/mol. The molecule has 3 saturated carbocycles. The monoisotopic (exact) mass is 293 g/mol. The maximum absolute atomic E-state index is 6.46. The molecule has 1 aromatic rings. The van der Waals surface area contributed by atoms with E-state index < -0.39 is 0 Å². The predicted octanol–water partition coefficient (Wildman–Crippen LogP) is 3.67. The van der Waals surface area contributed by atoms with Gasteiger partial charge in [0.2, 0.25) is 0 Å². The van der Waals surface area contributed by atoms with E-state index in [4.69, 9.17) is 11.6 Å². The number of nitrogens with one attached hydrogen (secondary N) is 1. The quantitative estimate of drug-likeness (QED) is 0.918. The molecule has 0 radical (unpaired) electrons. The zero-order chi connectivity index (χ0) is 14.0. The van der Waals surface area contributed by atoms with E-state index in [1.165, 1.54) is 25.0 Å². The molecule has 3 aliphatic carbocycles. The highest BCUT2D eigenvalue weighted by Crippen LogP contribution is 2.72. The first-order valence-electron chi connectivity index (χ1n) is 8.03. The van der Waals surface area contributed by atoms with E-state index in [2.05, 4.69) is 36.0 Å². The molecule has 4 heteroatoms. The molecule has 0 aliphatic heterocycles. The number of fused-ring (bicyclic) bond motifs is 5. The fraction of sp³-hybridized carbons (Fsp3) is 0.812. The van der Waals surface area contributed by atoms with Crippen LogP contribution in [-0.2, 0) is 0 Å². The van der Waals surface area contributed by atoms with Crippen molar-refractivity contribution in [3.63, 3.8) is 0 Å². The van der Waals surface area contributed by atoms with Crippen molar-refractivity contribution >= 4 is 11.6 Å².